The average molecular weight is 287 g/mol. The zero-order chi connectivity index (χ0) is 14.5. The molecule has 2 fully saturated rings. The van der Waals surface area contributed by atoms with Crippen LogP contribution in [-0.2, 0) is 6.54 Å². The summed E-state index contributed by atoms with van der Waals surface area (Å²) in [6.45, 7) is 4.91. The standard InChI is InChI=1S/C17H25N3O/c21-17(20-10-1-2-11-20)15-7-5-14(6-8-15)12-19-16-4-3-9-18-13-16/h5-8,16,18-19H,1-4,9-13H2/t16-/m0/s1. The number of benzene rings is 1. The van der Waals surface area contributed by atoms with Crippen LogP contribution in [0.5, 0.6) is 0 Å². The molecule has 1 aromatic rings. The molecule has 0 unspecified atom stereocenters. The number of carbonyl (C=O) groups excluding carboxylic acids is 1. The maximum Gasteiger partial charge on any atom is 0.253 e. The van der Waals surface area contributed by atoms with Crippen molar-refractivity contribution in [3.05, 3.63) is 35.4 Å². The van der Waals surface area contributed by atoms with Crippen LogP contribution in [0.1, 0.15) is 41.6 Å². The van der Waals surface area contributed by atoms with Crippen LogP contribution < -0.4 is 10.6 Å². The van der Waals surface area contributed by atoms with Crippen LogP contribution in [0.15, 0.2) is 24.3 Å². The number of rotatable bonds is 4. The van der Waals surface area contributed by atoms with Gasteiger partial charge in [-0.1, -0.05) is 12.1 Å². The lowest BCUT2D eigenvalue weighted by Gasteiger charge is -2.24. The van der Waals surface area contributed by atoms with Gasteiger partial charge in [-0.15, -0.1) is 0 Å². The van der Waals surface area contributed by atoms with E-state index in [0.29, 0.717) is 6.04 Å². The summed E-state index contributed by atoms with van der Waals surface area (Å²) in [5.74, 6) is 0.184. The van der Waals surface area contributed by atoms with E-state index < -0.39 is 0 Å². The summed E-state index contributed by atoms with van der Waals surface area (Å²) < 4.78 is 0. The predicted molar refractivity (Wildman–Crippen MR) is 84.3 cm³/mol. The maximum absolute atomic E-state index is 12.3. The molecule has 0 aromatic heterocycles. The number of amides is 1. The summed E-state index contributed by atoms with van der Waals surface area (Å²) in [5.41, 5.74) is 2.07. The fourth-order valence-electron chi connectivity index (χ4n) is 3.16. The summed E-state index contributed by atoms with van der Waals surface area (Å²) in [6, 6.07) is 8.66. The SMILES string of the molecule is O=C(c1ccc(CN[C@H]2CCCNC2)cc1)N1CCCC1. The predicted octanol–water partition coefficient (Wildman–Crippen LogP) is 1.76. The van der Waals surface area contributed by atoms with Crippen molar-refractivity contribution in [3.8, 4) is 0 Å². The summed E-state index contributed by atoms with van der Waals surface area (Å²) in [5, 5.41) is 7.00. The van der Waals surface area contributed by atoms with E-state index in [9.17, 15) is 4.79 Å². The second-order valence-corrected chi connectivity index (χ2v) is 6.12. The summed E-state index contributed by atoms with van der Waals surface area (Å²) >= 11 is 0. The van der Waals surface area contributed by atoms with E-state index in [4.69, 9.17) is 0 Å². The molecule has 4 heteroatoms. The maximum atomic E-state index is 12.3. The molecular weight excluding hydrogens is 262 g/mol. The van der Waals surface area contributed by atoms with Gasteiger partial charge in [-0.2, -0.15) is 0 Å². The van der Waals surface area contributed by atoms with Gasteiger partial charge in [-0.05, 0) is 49.9 Å². The molecule has 1 atom stereocenters. The lowest BCUT2D eigenvalue weighted by molar-refractivity contribution is 0.0793. The molecule has 0 spiro atoms. The van der Waals surface area contributed by atoms with Crippen molar-refractivity contribution in [1.82, 2.24) is 15.5 Å². The van der Waals surface area contributed by atoms with Crippen LogP contribution in [0.25, 0.3) is 0 Å². The summed E-state index contributed by atoms with van der Waals surface area (Å²) in [6.07, 6.45) is 4.78. The molecule has 0 aliphatic carbocycles. The lowest BCUT2D eigenvalue weighted by Crippen LogP contribution is -2.42. The first-order valence-electron chi connectivity index (χ1n) is 8.15. The average Bonchev–Trinajstić information content (AvgIpc) is 3.08. The first-order valence-corrected chi connectivity index (χ1v) is 8.15. The smallest absolute Gasteiger partial charge is 0.253 e. The van der Waals surface area contributed by atoms with Crippen LogP contribution in [0.3, 0.4) is 0 Å². The van der Waals surface area contributed by atoms with Crippen molar-refractivity contribution in [2.24, 2.45) is 0 Å². The van der Waals surface area contributed by atoms with Gasteiger partial charge in [0.2, 0.25) is 0 Å². The first kappa shape index (κ1) is 14.5. The topological polar surface area (TPSA) is 44.4 Å². The first-order chi connectivity index (χ1) is 10.3. The van der Waals surface area contributed by atoms with E-state index in [1.807, 2.05) is 17.0 Å². The quantitative estimate of drug-likeness (QED) is 0.887. The Bertz CT molecular complexity index is 459. The Hall–Kier alpha value is -1.39. The molecule has 2 N–H and O–H groups in total. The van der Waals surface area contributed by atoms with Crippen LogP contribution >= 0.6 is 0 Å². The molecule has 1 aromatic carbocycles. The van der Waals surface area contributed by atoms with Crippen molar-refractivity contribution >= 4 is 5.91 Å². The van der Waals surface area contributed by atoms with E-state index in [1.54, 1.807) is 0 Å². The van der Waals surface area contributed by atoms with E-state index >= 15 is 0 Å². The molecule has 2 aliphatic rings. The Kier molecular flexibility index (Phi) is 4.88. The van der Waals surface area contributed by atoms with Gasteiger partial charge in [0.25, 0.3) is 5.91 Å². The van der Waals surface area contributed by atoms with Gasteiger partial charge in [0, 0.05) is 37.8 Å². The minimum Gasteiger partial charge on any atom is -0.339 e. The van der Waals surface area contributed by atoms with Crippen LogP contribution in [0, 0.1) is 0 Å². The van der Waals surface area contributed by atoms with Crippen molar-refractivity contribution < 1.29 is 4.79 Å². The molecule has 21 heavy (non-hydrogen) atoms. The third-order valence-electron chi connectivity index (χ3n) is 4.49. The molecule has 0 bridgehead atoms. The number of likely N-dealkylation sites (tertiary alicyclic amines) is 1. The molecule has 114 valence electrons. The van der Waals surface area contributed by atoms with Crippen LogP contribution in [-0.4, -0.2) is 43.0 Å². The van der Waals surface area contributed by atoms with E-state index in [2.05, 4.69) is 22.8 Å². The second-order valence-electron chi connectivity index (χ2n) is 6.12. The highest BCUT2D eigenvalue weighted by atomic mass is 16.2. The van der Waals surface area contributed by atoms with E-state index in [-0.39, 0.29) is 5.91 Å². The molecular formula is C17H25N3O. The summed E-state index contributed by atoms with van der Waals surface area (Å²) in [7, 11) is 0. The Morgan fingerprint density at radius 3 is 2.62 bits per heavy atom. The number of nitrogens with one attached hydrogen (secondary N) is 2. The third kappa shape index (κ3) is 3.83. The van der Waals surface area contributed by atoms with Gasteiger partial charge in [0.05, 0.1) is 0 Å². The molecule has 4 nitrogen and oxygen atoms in total. The van der Waals surface area contributed by atoms with Crippen molar-refractivity contribution in [2.45, 2.75) is 38.3 Å². The van der Waals surface area contributed by atoms with Gasteiger partial charge in [-0.25, -0.2) is 0 Å². The van der Waals surface area contributed by atoms with Crippen molar-refractivity contribution in [3.63, 3.8) is 0 Å². The fourth-order valence-corrected chi connectivity index (χ4v) is 3.16. The Labute approximate surface area is 126 Å². The Balaban J connectivity index is 1.52. The van der Waals surface area contributed by atoms with Crippen LogP contribution in [0.4, 0.5) is 0 Å². The lowest BCUT2D eigenvalue weighted by atomic mass is 10.1. The highest BCUT2D eigenvalue weighted by Gasteiger charge is 2.19. The minimum atomic E-state index is 0.184. The van der Waals surface area contributed by atoms with E-state index in [0.717, 1.165) is 51.1 Å². The van der Waals surface area contributed by atoms with Crippen molar-refractivity contribution in [2.75, 3.05) is 26.2 Å². The number of hydrogen-bond donors (Lipinski definition) is 2. The van der Waals surface area contributed by atoms with Crippen molar-refractivity contribution in [1.29, 1.82) is 0 Å². The highest BCUT2D eigenvalue weighted by Crippen LogP contribution is 2.14. The second kappa shape index (κ2) is 7.05. The molecule has 1 amide bonds. The minimum absolute atomic E-state index is 0.184. The highest BCUT2D eigenvalue weighted by molar-refractivity contribution is 5.94. The van der Waals surface area contributed by atoms with Gasteiger partial charge in [0.15, 0.2) is 0 Å². The van der Waals surface area contributed by atoms with Gasteiger partial charge in [-0.3, -0.25) is 4.79 Å². The molecule has 2 aliphatic heterocycles. The number of hydrogen-bond acceptors (Lipinski definition) is 3. The molecule has 0 radical (unpaired) electrons. The molecule has 0 saturated carbocycles. The van der Waals surface area contributed by atoms with Gasteiger partial charge >= 0.3 is 0 Å². The monoisotopic (exact) mass is 287 g/mol. The van der Waals surface area contributed by atoms with Crippen LogP contribution in [0.2, 0.25) is 0 Å². The van der Waals surface area contributed by atoms with Gasteiger partial charge in [0.1, 0.15) is 0 Å². The normalized spacial score (nSPS) is 22.5. The number of piperidine rings is 1. The molecule has 3 rings (SSSR count). The van der Waals surface area contributed by atoms with E-state index in [1.165, 1.54) is 18.4 Å². The molecule has 2 saturated heterocycles. The summed E-state index contributed by atoms with van der Waals surface area (Å²) in [4.78, 5) is 14.2. The Morgan fingerprint density at radius 2 is 1.95 bits per heavy atom. The largest absolute Gasteiger partial charge is 0.339 e. The zero-order valence-electron chi connectivity index (χ0n) is 12.6. The zero-order valence-corrected chi connectivity index (χ0v) is 12.6. The number of carbonyl (C=O) groups is 1. The number of nitrogens with zero attached hydrogens (tertiary/aromatic N) is 1. The van der Waals surface area contributed by atoms with Gasteiger partial charge < -0.3 is 15.5 Å². The Morgan fingerprint density at radius 1 is 1.19 bits per heavy atom. The molecule has 2 heterocycles. The third-order valence-corrected chi connectivity index (χ3v) is 4.49. The fraction of sp³-hybridized carbons (Fsp3) is 0.588.